The average molecular weight is 306 g/mol. The SMILES string of the molecule is CCc1cc(C(=O)NC(C)(CCl)c2ccccc2)n(C)n1. The van der Waals surface area contributed by atoms with Crippen LogP contribution in [0.3, 0.4) is 0 Å². The number of rotatable bonds is 5. The molecule has 112 valence electrons. The van der Waals surface area contributed by atoms with Crippen LogP contribution >= 0.6 is 11.6 Å². The monoisotopic (exact) mass is 305 g/mol. The predicted molar refractivity (Wildman–Crippen MR) is 84.6 cm³/mol. The minimum absolute atomic E-state index is 0.170. The molecule has 1 aromatic carbocycles. The highest BCUT2D eigenvalue weighted by Crippen LogP contribution is 2.22. The maximum absolute atomic E-state index is 12.5. The van der Waals surface area contributed by atoms with E-state index in [0.717, 1.165) is 17.7 Å². The molecule has 1 atom stereocenters. The lowest BCUT2D eigenvalue weighted by Crippen LogP contribution is -2.45. The summed E-state index contributed by atoms with van der Waals surface area (Å²) in [5.74, 6) is 0.123. The van der Waals surface area contributed by atoms with E-state index < -0.39 is 5.54 Å². The van der Waals surface area contributed by atoms with Gasteiger partial charge in [-0.15, -0.1) is 11.6 Å². The van der Waals surface area contributed by atoms with Crippen molar-refractivity contribution in [3.8, 4) is 0 Å². The van der Waals surface area contributed by atoms with Gasteiger partial charge in [0.25, 0.3) is 5.91 Å². The molecule has 1 heterocycles. The van der Waals surface area contributed by atoms with Crippen molar-refractivity contribution in [2.75, 3.05) is 5.88 Å². The highest BCUT2D eigenvalue weighted by Gasteiger charge is 2.29. The summed E-state index contributed by atoms with van der Waals surface area (Å²) in [4.78, 5) is 12.5. The number of aromatic nitrogens is 2. The van der Waals surface area contributed by atoms with Crippen LogP contribution in [-0.2, 0) is 19.0 Å². The van der Waals surface area contributed by atoms with Gasteiger partial charge < -0.3 is 5.32 Å². The van der Waals surface area contributed by atoms with Gasteiger partial charge >= 0.3 is 0 Å². The fraction of sp³-hybridized carbons (Fsp3) is 0.375. The number of amides is 1. The van der Waals surface area contributed by atoms with E-state index >= 15 is 0 Å². The zero-order chi connectivity index (χ0) is 15.5. The Morgan fingerprint density at radius 3 is 2.57 bits per heavy atom. The fourth-order valence-electron chi connectivity index (χ4n) is 2.22. The van der Waals surface area contributed by atoms with Gasteiger partial charge in [0.1, 0.15) is 5.69 Å². The van der Waals surface area contributed by atoms with Gasteiger partial charge in [0.05, 0.1) is 11.2 Å². The summed E-state index contributed by atoms with van der Waals surface area (Å²) in [5, 5.41) is 7.32. The average Bonchev–Trinajstić information content (AvgIpc) is 2.89. The first kappa shape index (κ1) is 15.6. The third kappa shape index (κ3) is 3.27. The number of halogens is 1. The first-order chi connectivity index (χ1) is 10.00. The summed E-state index contributed by atoms with van der Waals surface area (Å²) in [7, 11) is 1.77. The number of nitrogens with one attached hydrogen (secondary N) is 1. The molecule has 1 unspecified atom stereocenters. The van der Waals surface area contributed by atoms with E-state index in [9.17, 15) is 4.79 Å². The number of nitrogens with zero attached hydrogens (tertiary/aromatic N) is 2. The molecule has 0 fully saturated rings. The molecule has 2 rings (SSSR count). The maximum atomic E-state index is 12.5. The van der Waals surface area contributed by atoms with Gasteiger partial charge in [0.15, 0.2) is 0 Å². The van der Waals surface area contributed by atoms with E-state index in [2.05, 4.69) is 10.4 Å². The summed E-state index contributed by atoms with van der Waals surface area (Å²) in [6.45, 7) is 3.93. The van der Waals surface area contributed by atoms with Gasteiger partial charge in [-0.3, -0.25) is 9.48 Å². The fourth-order valence-corrected chi connectivity index (χ4v) is 2.44. The van der Waals surface area contributed by atoms with Crippen molar-refractivity contribution in [3.63, 3.8) is 0 Å². The Kier molecular flexibility index (Phi) is 4.68. The van der Waals surface area contributed by atoms with Crippen molar-refractivity contribution in [2.24, 2.45) is 7.05 Å². The van der Waals surface area contributed by atoms with Crippen LogP contribution in [0.25, 0.3) is 0 Å². The third-order valence-electron chi connectivity index (χ3n) is 3.59. The van der Waals surface area contributed by atoms with Crippen molar-refractivity contribution in [2.45, 2.75) is 25.8 Å². The number of alkyl halides is 1. The van der Waals surface area contributed by atoms with Crippen LogP contribution in [0.5, 0.6) is 0 Å². The van der Waals surface area contributed by atoms with E-state index in [1.165, 1.54) is 0 Å². The second kappa shape index (κ2) is 6.31. The zero-order valence-electron chi connectivity index (χ0n) is 12.6. The van der Waals surface area contributed by atoms with Crippen molar-refractivity contribution >= 4 is 17.5 Å². The first-order valence-electron chi connectivity index (χ1n) is 6.97. The molecule has 1 N–H and O–H groups in total. The Morgan fingerprint density at radius 2 is 2.05 bits per heavy atom. The number of hydrogen-bond acceptors (Lipinski definition) is 2. The molecule has 0 saturated heterocycles. The molecule has 5 heteroatoms. The Morgan fingerprint density at radius 1 is 1.38 bits per heavy atom. The van der Waals surface area contributed by atoms with Crippen molar-refractivity contribution in [1.82, 2.24) is 15.1 Å². The van der Waals surface area contributed by atoms with Gasteiger partial charge in [0, 0.05) is 12.9 Å². The van der Waals surface area contributed by atoms with Gasteiger partial charge in [-0.1, -0.05) is 37.3 Å². The second-order valence-electron chi connectivity index (χ2n) is 5.28. The molecule has 21 heavy (non-hydrogen) atoms. The Bertz CT molecular complexity index is 624. The Hall–Kier alpha value is -1.81. The van der Waals surface area contributed by atoms with Gasteiger partial charge in [-0.25, -0.2) is 0 Å². The predicted octanol–water partition coefficient (Wildman–Crippen LogP) is 2.87. The van der Waals surface area contributed by atoms with E-state index in [0.29, 0.717) is 11.6 Å². The quantitative estimate of drug-likeness (QED) is 0.864. The topological polar surface area (TPSA) is 46.9 Å². The molecule has 0 bridgehead atoms. The van der Waals surface area contributed by atoms with Gasteiger partial charge in [0.2, 0.25) is 0 Å². The van der Waals surface area contributed by atoms with Gasteiger partial charge in [-0.2, -0.15) is 5.10 Å². The highest BCUT2D eigenvalue weighted by atomic mass is 35.5. The van der Waals surface area contributed by atoms with Crippen LogP contribution < -0.4 is 5.32 Å². The molecule has 1 amide bonds. The lowest BCUT2D eigenvalue weighted by Gasteiger charge is -2.29. The molecule has 0 saturated carbocycles. The lowest BCUT2D eigenvalue weighted by atomic mass is 9.94. The van der Waals surface area contributed by atoms with Crippen LogP contribution in [0.2, 0.25) is 0 Å². The molecule has 2 aromatic rings. The zero-order valence-corrected chi connectivity index (χ0v) is 13.3. The number of carbonyl (C=O) groups excluding carboxylic acids is 1. The van der Waals surface area contributed by atoms with Crippen molar-refractivity contribution in [1.29, 1.82) is 0 Å². The third-order valence-corrected chi connectivity index (χ3v) is 4.13. The standard InChI is InChI=1S/C16H20ClN3O/c1-4-13-10-14(20(3)19-13)15(21)18-16(2,11-17)12-8-6-5-7-9-12/h5-10H,4,11H2,1-3H3,(H,18,21). The second-order valence-corrected chi connectivity index (χ2v) is 5.55. The molecule has 0 aliphatic heterocycles. The van der Waals surface area contributed by atoms with Crippen LogP contribution in [0.4, 0.5) is 0 Å². The number of benzene rings is 1. The van der Waals surface area contributed by atoms with E-state index in [-0.39, 0.29) is 5.91 Å². The largest absolute Gasteiger partial charge is 0.340 e. The molecular weight excluding hydrogens is 286 g/mol. The summed E-state index contributed by atoms with van der Waals surface area (Å²) in [5.41, 5.74) is 1.80. The van der Waals surface area contributed by atoms with Crippen molar-refractivity contribution < 1.29 is 4.79 Å². The summed E-state index contributed by atoms with van der Waals surface area (Å²) < 4.78 is 1.60. The number of hydrogen-bond donors (Lipinski definition) is 1. The minimum Gasteiger partial charge on any atom is -0.340 e. The molecular formula is C16H20ClN3O. The van der Waals surface area contributed by atoms with Crippen molar-refractivity contribution in [3.05, 3.63) is 53.3 Å². The smallest absolute Gasteiger partial charge is 0.270 e. The number of carbonyl (C=O) groups is 1. The summed E-state index contributed by atoms with van der Waals surface area (Å²) in [6.07, 6.45) is 0.798. The first-order valence-corrected chi connectivity index (χ1v) is 7.50. The van der Waals surface area contributed by atoms with Crippen LogP contribution in [0, 0.1) is 0 Å². The maximum Gasteiger partial charge on any atom is 0.270 e. The summed E-state index contributed by atoms with van der Waals surface area (Å²) >= 11 is 6.11. The Labute approximate surface area is 130 Å². The van der Waals surface area contributed by atoms with E-state index in [1.807, 2.05) is 50.2 Å². The van der Waals surface area contributed by atoms with Crippen LogP contribution in [-0.4, -0.2) is 21.6 Å². The molecule has 4 nitrogen and oxygen atoms in total. The molecule has 0 aliphatic carbocycles. The number of aryl methyl sites for hydroxylation is 2. The molecule has 1 aromatic heterocycles. The van der Waals surface area contributed by atoms with Crippen LogP contribution in [0.15, 0.2) is 36.4 Å². The molecule has 0 aliphatic rings. The highest BCUT2D eigenvalue weighted by molar-refractivity contribution is 6.18. The molecule has 0 radical (unpaired) electrons. The van der Waals surface area contributed by atoms with Gasteiger partial charge in [-0.05, 0) is 25.0 Å². The normalized spacial score (nSPS) is 13.7. The van der Waals surface area contributed by atoms with E-state index in [1.54, 1.807) is 11.7 Å². The van der Waals surface area contributed by atoms with Crippen LogP contribution in [0.1, 0.15) is 35.6 Å². The summed E-state index contributed by atoms with van der Waals surface area (Å²) in [6, 6.07) is 11.5. The Balaban J connectivity index is 2.26. The lowest BCUT2D eigenvalue weighted by molar-refractivity contribution is 0.0903. The molecule has 0 spiro atoms. The minimum atomic E-state index is -0.615. The van der Waals surface area contributed by atoms with E-state index in [4.69, 9.17) is 11.6 Å².